The summed E-state index contributed by atoms with van der Waals surface area (Å²) in [6.45, 7) is 2.04. The normalized spacial score (nSPS) is 15.0. The smallest absolute Gasteiger partial charge is 0.220 e. The highest BCUT2D eigenvalue weighted by Gasteiger charge is 2.35. The van der Waals surface area contributed by atoms with Crippen LogP contribution in [0.3, 0.4) is 0 Å². The van der Waals surface area contributed by atoms with Gasteiger partial charge in [0.05, 0.1) is 17.7 Å². The van der Waals surface area contributed by atoms with Gasteiger partial charge in [-0.15, -0.1) is 11.3 Å². The third-order valence-electron chi connectivity index (χ3n) is 4.04. The van der Waals surface area contributed by atoms with Crippen LogP contribution in [-0.4, -0.2) is 10.9 Å². The number of carbonyl (C=O) groups is 1. The number of nitriles is 1. The number of rotatable bonds is 6. The standard InChI is InChI=1S/C18H19N3OS/c1-12-11-20-18(23-12)17(15-7-8-15)21-16(22)9-6-13-2-4-14(10-19)5-3-13/h2-5,11,15,17H,6-9H2,1H3,(H,21,22)/t17-/m1/s1. The summed E-state index contributed by atoms with van der Waals surface area (Å²) in [4.78, 5) is 17.9. The van der Waals surface area contributed by atoms with Crippen LogP contribution in [0.2, 0.25) is 0 Å². The number of amides is 1. The van der Waals surface area contributed by atoms with E-state index in [4.69, 9.17) is 5.26 Å². The lowest BCUT2D eigenvalue weighted by molar-refractivity contribution is -0.122. The van der Waals surface area contributed by atoms with Gasteiger partial charge >= 0.3 is 0 Å². The van der Waals surface area contributed by atoms with Gasteiger partial charge in [-0.25, -0.2) is 4.98 Å². The molecule has 1 amide bonds. The topological polar surface area (TPSA) is 65.8 Å². The molecule has 1 aliphatic rings. The summed E-state index contributed by atoms with van der Waals surface area (Å²) < 4.78 is 0. The molecule has 1 atom stereocenters. The van der Waals surface area contributed by atoms with Gasteiger partial charge in [-0.1, -0.05) is 12.1 Å². The minimum absolute atomic E-state index is 0.0686. The fraction of sp³-hybridized carbons (Fsp3) is 0.389. The quantitative estimate of drug-likeness (QED) is 0.883. The summed E-state index contributed by atoms with van der Waals surface area (Å²) in [6, 6.07) is 9.57. The molecule has 1 saturated carbocycles. The molecule has 0 unspecified atom stereocenters. The summed E-state index contributed by atoms with van der Waals surface area (Å²) in [5.74, 6) is 0.610. The molecule has 1 aromatic heterocycles. The zero-order chi connectivity index (χ0) is 16.2. The molecule has 0 spiro atoms. The maximum Gasteiger partial charge on any atom is 0.220 e. The minimum atomic E-state index is 0.0686. The van der Waals surface area contributed by atoms with Gasteiger partial charge in [-0.3, -0.25) is 4.79 Å². The number of hydrogen-bond acceptors (Lipinski definition) is 4. The van der Waals surface area contributed by atoms with E-state index in [1.165, 1.54) is 17.7 Å². The molecule has 0 radical (unpaired) electrons. The maximum absolute atomic E-state index is 12.3. The third-order valence-corrected chi connectivity index (χ3v) is 5.03. The van der Waals surface area contributed by atoms with Crippen molar-refractivity contribution in [3.05, 3.63) is 51.5 Å². The van der Waals surface area contributed by atoms with E-state index in [0.717, 1.165) is 10.6 Å². The van der Waals surface area contributed by atoms with Crippen molar-refractivity contribution in [3.63, 3.8) is 0 Å². The van der Waals surface area contributed by atoms with Gasteiger partial charge in [0.2, 0.25) is 5.91 Å². The van der Waals surface area contributed by atoms with Gasteiger partial charge in [0.1, 0.15) is 5.01 Å². The molecule has 1 aromatic carbocycles. The van der Waals surface area contributed by atoms with Gasteiger partial charge in [0, 0.05) is 17.5 Å². The second-order valence-corrected chi connectivity index (χ2v) is 7.27. The maximum atomic E-state index is 12.3. The summed E-state index contributed by atoms with van der Waals surface area (Å²) in [6.07, 6.45) is 5.35. The van der Waals surface area contributed by atoms with E-state index in [2.05, 4.69) is 16.4 Å². The van der Waals surface area contributed by atoms with Crippen LogP contribution in [0.1, 0.15) is 46.3 Å². The van der Waals surface area contributed by atoms with Gasteiger partial charge in [0.15, 0.2) is 0 Å². The first-order valence-electron chi connectivity index (χ1n) is 7.86. The van der Waals surface area contributed by atoms with Crippen molar-refractivity contribution < 1.29 is 4.79 Å². The lowest BCUT2D eigenvalue weighted by Crippen LogP contribution is -2.30. The number of thiazole rings is 1. The van der Waals surface area contributed by atoms with Crippen LogP contribution in [0, 0.1) is 24.2 Å². The van der Waals surface area contributed by atoms with Crippen LogP contribution in [0.4, 0.5) is 0 Å². The van der Waals surface area contributed by atoms with Crippen LogP contribution in [0.25, 0.3) is 0 Å². The summed E-state index contributed by atoms with van der Waals surface area (Å²) in [5, 5.41) is 13.0. The fourth-order valence-electron chi connectivity index (χ4n) is 2.58. The predicted molar refractivity (Wildman–Crippen MR) is 89.9 cm³/mol. The van der Waals surface area contributed by atoms with Crippen molar-refractivity contribution in [2.75, 3.05) is 0 Å². The molecule has 2 aromatic rings. The Morgan fingerprint density at radius 3 is 2.74 bits per heavy atom. The van der Waals surface area contributed by atoms with Crippen LogP contribution in [0.5, 0.6) is 0 Å². The first kappa shape index (κ1) is 15.7. The zero-order valence-corrected chi connectivity index (χ0v) is 13.9. The summed E-state index contributed by atoms with van der Waals surface area (Å²) in [7, 11) is 0. The molecule has 1 N–H and O–H groups in total. The number of hydrogen-bond donors (Lipinski definition) is 1. The second-order valence-electron chi connectivity index (χ2n) is 6.00. The molecule has 23 heavy (non-hydrogen) atoms. The molecule has 4 nitrogen and oxygen atoms in total. The first-order chi connectivity index (χ1) is 11.2. The molecule has 1 heterocycles. The molecular weight excluding hydrogens is 306 g/mol. The van der Waals surface area contributed by atoms with Crippen LogP contribution in [0.15, 0.2) is 30.5 Å². The lowest BCUT2D eigenvalue weighted by atomic mass is 10.1. The average molecular weight is 325 g/mol. The van der Waals surface area contributed by atoms with E-state index in [0.29, 0.717) is 24.3 Å². The van der Waals surface area contributed by atoms with Crippen molar-refractivity contribution in [2.45, 2.75) is 38.6 Å². The van der Waals surface area contributed by atoms with Gasteiger partial charge in [0.25, 0.3) is 0 Å². The largest absolute Gasteiger partial charge is 0.347 e. The van der Waals surface area contributed by atoms with Crippen molar-refractivity contribution >= 4 is 17.2 Å². The predicted octanol–water partition coefficient (Wildman–Crippen LogP) is 3.52. The summed E-state index contributed by atoms with van der Waals surface area (Å²) in [5.41, 5.74) is 1.72. The molecule has 1 fully saturated rings. The van der Waals surface area contributed by atoms with E-state index in [1.54, 1.807) is 23.5 Å². The molecular formula is C18H19N3OS. The lowest BCUT2D eigenvalue weighted by Gasteiger charge is -2.15. The number of aromatic nitrogens is 1. The highest BCUT2D eigenvalue weighted by Crippen LogP contribution is 2.42. The van der Waals surface area contributed by atoms with E-state index >= 15 is 0 Å². The molecule has 0 aliphatic heterocycles. The van der Waals surface area contributed by atoms with Gasteiger partial charge in [-0.2, -0.15) is 5.26 Å². The Morgan fingerprint density at radius 2 is 2.17 bits per heavy atom. The Bertz CT molecular complexity index is 725. The van der Waals surface area contributed by atoms with Crippen LogP contribution >= 0.6 is 11.3 Å². The van der Waals surface area contributed by atoms with Gasteiger partial charge < -0.3 is 5.32 Å². The number of carbonyl (C=O) groups excluding carboxylic acids is 1. The Balaban J connectivity index is 1.56. The Hall–Kier alpha value is -2.19. The minimum Gasteiger partial charge on any atom is -0.347 e. The van der Waals surface area contributed by atoms with Crippen LogP contribution < -0.4 is 5.32 Å². The van der Waals surface area contributed by atoms with Crippen molar-refractivity contribution in [1.29, 1.82) is 5.26 Å². The monoisotopic (exact) mass is 325 g/mol. The van der Waals surface area contributed by atoms with Crippen molar-refractivity contribution in [1.82, 2.24) is 10.3 Å². The average Bonchev–Trinajstić information content (AvgIpc) is 3.32. The number of benzene rings is 1. The highest BCUT2D eigenvalue weighted by molar-refractivity contribution is 7.11. The zero-order valence-electron chi connectivity index (χ0n) is 13.1. The number of nitrogens with one attached hydrogen (secondary N) is 1. The molecule has 0 saturated heterocycles. The number of aryl methyl sites for hydroxylation is 2. The summed E-state index contributed by atoms with van der Waals surface area (Å²) >= 11 is 1.67. The molecule has 3 rings (SSSR count). The molecule has 1 aliphatic carbocycles. The Kier molecular flexibility index (Phi) is 4.73. The highest BCUT2D eigenvalue weighted by atomic mass is 32.1. The SMILES string of the molecule is Cc1cnc([C@H](NC(=O)CCc2ccc(C#N)cc2)C2CC2)s1. The first-order valence-corrected chi connectivity index (χ1v) is 8.68. The van der Waals surface area contributed by atoms with Gasteiger partial charge in [-0.05, 0) is 49.8 Å². The fourth-order valence-corrected chi connectivity index (χ4v) is 3.50. The Morgan fingerprint density at radius 1 is 1.43 bits per heavy atom. The number of nitrogens with zero attached hydrogens (tertiary/aromatic N) is 2. The molecule has 118 valence electrons. The van der Waals surface area contributed by atoms with Crippen molar-refractivity contribution in [3.8, 4) is 6.07 Å². The second kappa shape index (κ2) is 6.93. The molecule has 0 bridgehead atoms. The van der Waals surface area contributed by atoms with E-state index < -0.39 is 0 Å². The van der Waals surface area contributed by atoms with E-state index in [9.17, 15) is 4.79 Å². The van der Waals surface area contributed by atoms with Crippen molar-refractivity contribution in [2.24, 2.45) is 5.92 Å². The molecule has 5 heteroatoms. The Labute approximate surface area is 140 Å². The third kappa shape index (κ3) is 4.17. The van der Waals surface area contributed by atoms with Crippen LogP contribution in [-0.2, 0) is 11.2 Å². The van der Waals surface area contributed by atoms with E-state index in [-0.39, 0.29) is 11.9 Å². The van der Waals surface area contributed by atoms with E-state index in [1.807, 2.05) is 25.3 Å².